The molecule has 0 amide bonds. The number of rotatable bonds is 5. The quantitative estimate of drug-likeness (QED) is 0.151. The molecule has 11 aliphatic carbocycles. The highest BCUT2D eigenvalue weighted by molar-refractivity contribution is 6.77. The lowest BCUT2D eigenvalue weighted by Gasteiger charge is -2.62. The lowest BCUT2D eigenvalue weighted by Crippen LogP contribution is -2.59. The first kappa shape index (κ1) is 32.3. The highest BCUT2D eigenvalue weighted by Crippen LogP contribution is 2.95. The Bertz CT molecular complexity index is 7440. The van der Waals surface area contributed by atoms with Crippen LogP contribution >= 0.6 is 0 Å². The van der Waals surface area contributed by atoms with E-state index in [0.29, 0.717) is 0 Å². The molecular formula is C80H21. The summed E-state index contributed by atoms with van der Waals surface area (Å²) in [6.45, 7) is 0. The monoisotopic (exact) mass is 981 g/mol. The molecule has 0 bridgehead atoms. The van der Waals surface area contributed by atoms with Gasteiger partial charge in [0.05, 0.1) is 5.41 Å². The van der Waals surface area contributed by atoms with E-state index in [1.165, 1.54) is 16.7 Å². The van der Waals surface area contributed by atoms with Crippen LogP contribution in [0.15, 0.2) is 91.0 Å². The molecule has 1 saturated carbocycles. The molecule has 0 aliphatic heterocycles. The van der Waals surface area contributed by atoms with Gasteiger partial charge in [-0.05, 0) is 301 Å². The van der Waals surface area contributed by atoms with E-state index in [2.05, 4.69) is 91.0 Å². The molecule has 24 aromatic carbocycles. The van der Waals surface area contributed by atoms with Gasteiger partial charge in [-0.15, -0.1) is 0 Å². The van der Waals surface area contributed by atoms with E-state index in [1.54, 1.807) is 301 Å². The SMILES string of the molecule is c1ccc(C[C@]23[C]4[C]5[C]6[C]7[C]4[C@]4(Cc8ccccc8)c8c2c2c9c3c3c%10c%11c(c%12c%13c%14c(c%15c%16c%17c(c4c4c8c8c2c2c%18c9c%10c9c%10c%11c%13c%11c%13c%14c%16c%14c%16c%17c4c4c8c2c2c(c9%18)c(c%10%11)c(c%13%14)c2c4%16)[C@]7%15c2ccccc2)[C@H]6%12)[C@H]53)cc1. The second-order valence-corrected chi connectivity index (χ2v) is 29.0. The first-order valence-corrected chi connectivity index (χ1v) is 30.1. The van der Waals surface area contributed by atoms with Crippen LogP contribution in [0.4, 0.5) is 0 Å². The van der Waals surface area contributed by atoms with Crippen LogP contribution in [-0.4, -0.2) is 0 Å². The molecule has 0 unspecified atom stereocenters. The van der Waals surface area contributed by atoms with Crippen molar-refractivity contribution in [3.63, 3.8) is 0 Å². The third-order valence-corrected chi connectivity index (χ3v) is 28.2. The highest BCUT2D eigenvalue weighted by atomic mass is 14.9. The molecule has 341 valence electrons. The first-order valence-electron chi connectivity index (χ1n) is 30.1. The van der Waals surface area contributed by atoms with Crippen LogP contribution in [0, 0.1) is 29.6 Å². The van der Waals surface area contributed by atoms with E-state index < -0.39 is 5.41 Å². The second kappa shape index (κ2) is 7.90. The van der Waals surface area contributed by atoms with Crippen molar-refractivity contribution in [2.45, 2.75) is 40.9 Å². The Morgan fingerprint density at radius 2 is 0.512 bits per heavy atom. The van der Waals surface area contributed by atoms with Gasteiger partial charge in [-0.25, -0.2) is 0 Å². The average molecular weight is 982 g/mol. The van der Waals surface area contributed by atoms with Gasteiger partial charge in [0.2, 0.25) is 0 Å². The van der Waals surface area contributed by atoms with Gasteiger partial charge >= 0.3 is 0 Å². The Morgan fingerprint density at radius 3 is 0.938 bits per heavy atom. The summed E-state index contributed by atoms with van der Waals surface area (Å²) < 4.78 is 0. The minimum absolute atomic E-state index is 0.225. The Labute approximate surface area is 446 Å². The summed E-state index contributed by atoms with van der Waals surface area (Å²) in [5.41, 5.74) is 20.9. The van der Waals surface area contributed by atoms with Crippen LogP contribution < -0.4 is 0 Å². The predicted octanol–water partition coefficient (Wildman–Crippen LogP) is 18.8. The van der Waals surface area contributed by atoms with E-state index >= 15 is 0 Å². The summed E-state index contributed by atoms with van der Waals surface area (Å²) in [4.78, 5) is 0. The van der Waals surface area contributed by atoms with Crippen molar-refractivity contribution >= 4 is 215 Å². The fourth-order valence-corrected chi connectivity index (χ4v) is 28.0. The Kier molecular flexibility index (Phi) is 3.19. The molecule has 1 fully saturated rings. The van der Waals surface area contributed by atoms with Crippen LogP contribution in [0.1, 0.15) is 84.2 Å². The summed E-state index contributed by atoms with van der Waals surface area (Å²) in [6.07, 6.45) is 2.00. The van der Waals surface area contributed by atoms with Crippen molar-refractivity contribution in [2.24, 2.45) is 0 Å². The average Bonchev–Trinajstić information content (AvgIpc) is 1.85. The minimum atomic E-state index is -0.455. The summed E-state index contributed by atoms with van der Waals surface area (Å²) in [5.74, 6) is 9.42. The molecule has 0 heteroatoms. The van der Waals surface area contributed by atoms with Crippen molar-refractivity contribution in [3.05, 3.63) is 193 Å². The zero-order chi connectivity index (χ0) is 48.2. The van der Waals surface area contributed by atoms with Gasteiger partial charge in [-0.2, -0.15) is 0 Å². The van der Waals surface area contributed by atoms with Gasteiger partial charge in [0.15, 0.2) is 0 Å². The fourth-order valence-electron chi connectivity index (χ4n) is 28.0. The van der Waals surface area contributed by atoms with E-state index in [0.717, 1.165) is 12.8 Å². The van der Waals surface area contributed by atoms with Gasteiger partial charge in [-0.3, -0.25) is 0 Å². The molecule has 0 heterocycles. The van der Waals surface area contributed by atoms with Crippen LogP contribution in [0.3, 0.4) is 0 Å². The van der Waals surface area contributed by atoms with Crippen molar-refractivity contribution in [1.82, 2.24) is 0 Å². The topological polar surface area (TPSA) is 0 Å². The van der Waals surface area contributed by atoms with Gasteiger partial charge in [-0.1, -0.05) is 91.0 Å². The summed E-state index contributed by atoms with van der Waals surface area (Å²) in [5, 5.41) is 67.1. The van der Waals surface area contributed by atoms with Gasteiger partial charge in [0, 0.05) is 52.3 Å². The molecule has 5 atom stereocenters. The molecule has 0 aromatic heterocycles. The molecule has 0 nitrogen and oxygen atoms in total. The van der Waals surface area contributed by atoms with Crippen LogP contribution in [-0.2, 0) is 29.1 Å². The van der Waals surface area contributed by atoms with Gasteiger partial charge < -0.3 is 0 Å². The Morgan fingerprint density at radius 1 is 0.225 bits per heavy atom. The van der Waals surface area contributed by atoms with Gasteiger partial charge in [0.25, 0.3) is 0 Å². The summed E-state index contributed by atoms with van der Waals surface area (Å²) >= 11 is 0. The molecule has 24 aromatic rings. The van der Waals surface area contributed by atoms with Gasteiger partial charge in [0.1, 0.15) is 0 Å². The molecule has 35 rings (SSSR count). The van der Waals surface area contributed by atoms with E-state index in [4.69, 9.17) is 0 Å². The number of hydrogen-bond acceptors (Lipinski definition) is 0. The molecule has 0 saturated heterocycles. The predicted molar refractivity (Wildman–Crippen MR) is 326 cm³/mol. The van der Waals surface area contributed by atoms with Crippen molar-refractivity contribution in [1.29, 1.82) is 0 Å². The second-order valence-electron chi connectivity index (χ2n) is 29.0. The molecular weight excluding hydrogens is 961 g/mol. The normalized spacial score (nSPS) is 27.0. The third kappa shape index (κ3) is 1.92. The van der Waals surface area contributed by atoms with Crippen molar-refractivity contribution in [3.8, 4) is 0 Å². The number of hydrogen-bond donors (Lipinski definition) is 0. The Hall–Kier alpha value is -8.84. The van der Waals surface area contributed by atoms with Crippen molar-refractivity contribution < 1.29 is 0 Å². The first-order chi connectivity index (χ1) is 39.9. The third-order valence-electron chi connectivity index (χ3n) is 28.2. The molecule has 11 aliphatic rings. The standard InChI is InChI=1S/C80H21/c1-4-10-18(11-5-1)16-78-69-59-49-43-29-27-22-21-23-25-26-24(21)32-34-28(22)30(29)44-46-45(43)57(59)66-68-58(46)60-50(44)48(34)52-38(32)42-36(26)41-40-35(25)39-37-31(23)33(27)47(49)51(37)61(69)63-53(39)54(40)64-65-55(41)56(42)67-62(52)70(60)80(20-14-8-3-9-15-20)75(67)73(65)79(72(64)71(63)78,77(74(66)78)76(68)80)17-19-12-6-2-7-13-19/h1-15,57-58H,16-17H2/t57-,58+,78+,79+,80+/m0/s1. The molecule has 80 heavy (non-hydrogen) atoms. The smallest absolute Gasteiger partial charge is 0.0545 e. The lowest BCUT2D eigenvalue weighted by molar-refractivity contribution is 0.379. The van der Waals surface area contributed by atoms with Crippen LogP contribution in [0.2, 0.25) is 0 Å². The molecule has 5 radical (unpaired) electrons. The largest absolute Gasteiger partial charge is 0.0622 e. The van der Waals surface area contributed by atoms with Crippen LogP contribution in [0.5, 0.6) is 0 Å². The fraction of sp³-hybridized carbons (Fsp3) is 0.0875. The van der Waals surface area contributed by atoms with E-state index in [9.17, 15) is 0 Å². The zero-order valence-corrected chi connectivity index (χ0v) is 41.7. The maximum Gasteiger partial charge on any atom is 0.0545 e. The van der Waals surface area contributed by atoms with Crippen molar-refractivity contribution in [2.75, 3.05) is 0 Å². The van der Waals surface area contributed by atoms with E-state index in [-0.39, 0.29) is 22.7 Å². The number of benzene rings is 18. The maximum atomic E-state index is 2.65. The van der Waals surface area contributed by atoms with Crippen LogP contribution in [0.25, 0.3) is 215 Å². The highest BCUT2D eigenvalue weighted by Gasteiger charge is 2.85. The zero-order valence-electron chi connectivity index (χ0n) is 41.7. The minimum Gasteiger partial charge on any atom is -0.0622 e. The summed E-state index contributed by atoms with van der Waals surface area (Å²) in [7, 11) is 0. The maximum absolute atomic E-state index is 2.65. The summed E-state index contributed by atoms with van der Waals surface area (Å²) in [6, 6.07) is 36.7. The molecule has 0 N–H and O–H groups in total. The molecule has 0 spiro atoms. The Balaban J connectivity index is 1.05. The lowest BCUT2D eigenvalue weighted by atomic mass is 9.38. The van der Waals surface area contributed by atoms with E-state index in [1.807, 2.05) is 0 Å².